The van der Waals surface area contributed by atoms with Gasteiger partial charge in [-0.15, -0.1) is 0 Å². The van der Waals surface area contributed by atoms with Crippen molar-refractivity contribution in [3.05, 3.63) is 77.4 Å². The molecule has 2 aromatic rings. The van der Waals surface area contributed by atoms with Crippen molar-refractivity contribution in [2.24, 2.45) is 11.8 Å². The first-order valence-electron chi connectivity index (χ1n) is 11.6. The Morgan fingerprint density at radius 2 is 1.28 bits per heavy atom. The summed E-state index contributed by atoms with van der Waals surface area (Å²) >= 11 is 0. The fraction of sp³-hybridized carbons (Fsp3) is 0.500. The Morgan fingerprint density at radius 1 is 0.793 bits per heavy atom. The van der Waals surface area contributed by atoms with E-state index >= 15 is 0 Å². The summed E-state index contributed by atoms with van der Waals surface area (Å²) in [7, 11) is 0. The maximum Gasteiger partial charge on any atom is 0.0716 e. The van der Waals surface area contributed by atoms with E-state index in [-0.39, 0.29) is 0 Å². The molecule has 1 fully saturated rings. The number of rotatable bonds is 11. The summed E-state index contributed by atoms with van der Waals surface area (Å²) in [5.41, 5.74) is 5.46. The Kier molecular flexibility index (Phi) is 9.02. The van der Waals surface area contributed by atoms with E-state index in [1.54, 1.807) is 0 Å². The van der Waals surface area contributed by atoms with Gasteiger partial charge < -0.3 is 4.74 Å². The van der Waals surface area contributed by atoms with E-state index in [0.717, 1.165) is 31.5 Å². The lowest BCUT2D eigenvalue weighted by Gasteiger charge is -2.28. The average Bonchev–Trinajstić information content (AvgIpc) is 2.78. The number of ether oxygens (including phenoxy) is 1. The first kappa shape index (κ1) is 21.8. The molecule has 1 nitrogen and oxygen atoms in total. The molecule has 1 saturated carbocycles. The van der Waals surface area contributed by atoms with Crippen LogP contribution in [0.4, 0.5) is 0 Å². The summed E-state index contributed by atoms with van der Waals surface area (Å²) in [6, 6.07) is 18.0. The van der Waals surface area contributed by atoms with Gasteiger partial charge in [-0.3, -0.25) is 0 Å². The Balaban J connectivity index is 1.32. The van der Waals surface area contributed by atoms with Crippen LogP contribution in [-0.4, -0.2) is 6.61 Å². The number of benzene rings is 2. The quantitative estimate of drug-likeness (QED) is 0.358. The zero-order valence-electron chi connectivity index (χ0n) is 18.2. The Morgan fingerprint density at radius 3 is 1.76 bits per heavy atom. The second kappa shape index (κ2) is 12.0. The fourth-order valence-electron chi connectivity index (χ4n) is 4.51. The van der Waals surface area contributed by atoms with Gasteiger partial charge in [0.15, 0.2) is 0 Å². The van der Waals surface area contributed by atoms with Crippen molar-refractivity contribution < 1.29 is 4.74 Å². The third kappa shape index (κ3) is 7.48. The van der Waals surface area contributed by atoms with Crippen LogP contribution in [0.1, 0.15) is 74.1 Å². The van der Waals surface area contributed by atoms with Crippen molar-refractivity contribution in [1.29, 1.82) is 0 Å². The lowest BCUT2D eigenvalue weighted by molar-refractivity contribution is 0.121. The molecule has 0 N–H and O–H groups in total. The summed E-state index contributed by atoms with van der Waals surface area (Å²) in [5.74, 6) is 1.85. The minimum Gasteiger partial charge on any atom is -0.377 e. The molecule has 1 heteroatoms. The highest BCUT2D eigenvalue weighted by Gasteiger charge is 2.20. The lowest BCUT2D eigenvalue weighted by Crippen LogP contribution is -2.15. The van der Waals surface area contributed by atoms with Gasteiger partial charge in [0.25, 0.3) is 0 Å². The topological polar surface area (TPSA) is 9.23 Å². The summed E-state index contributed by atoms with van der Waals surface area (Å²) < 4.78 is 5.63. The summed E-state index contributed by atoms with van der Waals surface area (Å²) in [6.07, 6.45) is 13.8. The van der Waals surface area contributed by atoms with Gasteiger partial charge in [-0.2, -0.15) is 0 Å². The van der Waals surface area contributed by atoms with Crippen LogP contribution in [0.5, 0.6) is 0 Å². The van der Waals surface area contributed by atoms with Gasteiger partial charge in [0.05, 0.1) is 6.61 Å². The zero-order chi connectivity index (χ0) is 20.3. The summed E-state index contributed by atoms with van der Waals surface area (Å²) in [6.45, 7) is 7.59. The van der Waals surface area contributed by atoms with E-state index < -0.39 is 0 Å². The molecule has 29 heavy (non-hydrogen) atoms. The molecule has 0 unspecified atom stereocenters. The largest absolute Gasteiger partial charge is 0.377 e. The molecule has 156 valence electrons. The first-order chi connectivity index (χ1) is 14.3. The van der Waals surface area contributed by atoms with Gasteiger partial charge in [-0.25, -0.2) is 0 Å². The molecule has 0 amide bonds. The van der Waals surface area contributed by atoms with Gasteiger partial charge >= 0.3 is 0 Å². The molecule has 0 aromatic heterocycles. The third-order valence-corrected chi connectivity index (χ3v) is 6.50. The Hall–Kier alpha value is -1.86. The third-order valence-electron chi connectivity index (χ3n) is 6.50. The predicted octanol–water partition coefficient (Wildman–Crippen LogP) is 7.63. The van der Waals surface area contributed by atoms with Crippen LogP contribution < -0.4 is 0 Å². The van der Waals surface area contributed by atoms with Crippen LogP contribution in [0.2, 0.25) is 0 Å². The molecule has 1 aliphatic rings. The molecule has 0 heterocycles. The normalized spacial score (nSPS) is 19.2. The van der Waals surface area contributed by atoms with Crippen LogP contribution in [0, 0.1) is 11.8 Å². The van der Waals surface area contributed by atoms with Crippen molar-refractivity contribution in [3.8, 4) is 0 Å². The van der Waals surface area contributed by atoms with Gasteiger partial charge in [-0.05, 0) is 66.2 Å². The van der Waals surface area contributed by atoms with Crippen LogP contribution in [-0.2, 0) is 24.2 Å². The second-order valence-corrected chi connectivity index (χ2v) is 8.78. The van der Waals surface area contributed by atoms with Crippen LogP contribution >= 0.6 is 0 Å². The minimum atomic E-state index is 0.747. The number of aryl methyl sites for hydroxylation is 2. The highest BCUT2D eigenvalue weighted by molar-refractivity contribution is 5.47. The summed E-state index contributed by atoms with van der Waals surface area (Å²) in [4.78, 5) is 0. The monoisotopic (exact) mass is 390 g/mol. The van der Waals surface area contributed by atoms with Crippen molar-refractivity contribution in [2.45, 2.75) is 71.3 Å². The summed E-state index contributed by atoms with van der Waals surface area (Å²) in [5, 5.41) is 0. The molecule has 0 saturated heterocycles. The van der Waals surface area contributed by atoms with Gasteiger partial charge in [-0.1, -0.05) is 93.8 Å². The van der Waals surface area contributed by atoms with Gasteiger partial charge in [0.2, 0.25) is 0 Å². The van der Waals surface area contributed by atoms with Crippen LogP contribution in [0.25, 0.3) is 6.08 Å². The van der Waals surface area contributed by atoms with Crippen molar-refractivity contribution in [3.63, 3.8) is 0 Å². The predicted molar refractivity (Wildman–Crippen MR) is 125 cm³/mol. The highest BCUT2D eigenvalue weighted by Crippen LogP contribution is 2.34. The van der Waals surface area contributed by atoms with E-state index in [1.165, 1.54) is 73.6 Å². The standard InChI is InChI=1S/C28H38O/c1-3-21-29-22-28-19-17-27(18-20-28)16-15-26-13-11-25(12-14-26)10-9-24-7-5-23(4-2)6-8-24/h4-8,17-20,25-26H,2-3,9-16,21-22H2,1H3. The Labute approximate surface area is 178 Å². The minimum absolute atomic E-state index is 0.747. The van der Waals surface area contributed by atoms with E-state index in [2.05, 4.69) is 62.0 Å². The van der Waals surface area contributed by atoms with Crippen LogP contribution in [0.3, 0.4) is 0 Å². The van der Waals surface area contributed by atoms with E-state index in [1.807, 2.05) is 6.08 Å². The molecule has 0 bridgehead atoms. The molecule has 0 radical (unpaired) electrons. The molecule has 3 rings (SSSR count). The molecule has 0 atom stereocenters. The maximum atomic E-state index is 5.63. The SMILES string of the molecule is C=Cc1ccc(CCC2CCC(CCc3ccc(COCCC)cc3)CC2)cc1. The van der Waals surface area contributed by atoms with Gasteiger partial charge in [0, 0.05) is 6.61 Å². The van der Waals surface area contributed by atoms with E-state index in [9.17, 15) is 0 Å². The van der Waals surface area contributed by atoms with Gasteiger partial charge in [0.1, 0.15) is 0 Å². The smallest absolute Gasteiger partial charge is 0.0716 e. The molecule has 0 spiro atoms. The number of hydrogen-bond donors (Lipinski definition) is 0. The van der Waals surface area contributed by atoms with Crippen molar-refractivity contribution >= 4 is 6.08 Å². The second-order valence-electron chi connectivity index (χ2n) is 8.78. The van der Waals surface area contributed by atoms with E-state index in [4.69, 9.17) is 4.74 Å². The Bertz CT molecular complexity index is 705. The molecule has 1 aliphatic carbocycles. The number of hydrogen-bond acceptors (Lipinski definition) is 1. The van der Waals surface area contributed by atoms with E-state index in [0.29, 0.717) is 0 Å². The van der Waals surface area contributed by atoms with Crippen molar-refractivity contribution in [2.75, 3.05) is 6.61 Å². The zero-order valence-corrected chi connectivity index (χ0v) is 18.2. The van der Waals surface area contributed by atoms with Crippen LogP contribution in [0.15, 0.2) is 55.1 Å². The molecule has 2 aromatic carbocycles. The maximum absolute atomic E-state index is 5.63. The molecular formula is C28H38O. The highest BCUT2D eigenvalue weighted by atomic mass is 16.5. The molecular weight excluding hydrogens is 352 g/mol. The van der Waals surface area contributed by atoms with Crippen molar-refractivity contribution in [1.82, 2.24) is 0 Å². The lowest BCUT2D eigenvalue weighted by atomic mass is 9.77. The molecule has 0 aliphatic heterocycles. The average molecular weight is 391 g/mol. The fourth-order valence-corrected chi connectivity index (χ4v) is 4.51. The first-order valence-corrected chi connectivity index (χ1v) is 11.6.